The van der Waals surface area contributed by atoms with Gasteiger partial charge in [0.2, 0.25) is 0 Å². The van der Waals surface area contributed by atoms with Gasteiger partial charge in [0, 0.05) is 63.1 Å². The maximum absolute atomic E-state index is 13.6. The van der Waals surface area contributed by atoms with Crippen LogP contribution in [0.5, 0.6) is 0 Å². The number of amides is 2. The Balaban J connectivity index is 1.69. The van der Waals surface area contributed by atoms with E-state index in [9.17, 15) is 9.59 Å². The van der Waals surface area contributed by atoms with Crippen LogP contribution < -0.4 is 9.80 Å². The Labute approximate surface area is 210 Å². The first-order chi connectivity index (χ1) is 17.3. The summed E-state index contributed by atoms with van der Waals surface area (Å²) >= 11 is 0. The van der Waals surface area contributed by atoms with Crippen LogP contribution in [0, 0.1) is 0 Å². The van der Waals surface area contributed by atoms with Crippen LogP contribution in [0.4, 0.5) is 11.6 Å². The van der Waals surface area contributed by atoms with Gasteiger partial charge in [0.05, 0.1) is 0 Å². The third-order valence-electron chi connectivity index (χ3n) is 6.85. The molecule has 2 aliphatic rings. The smallest absolute Gasteiger partial charge is 0.284 e. The van der Waals surface area contributed by atoms with Gasteiger partial charge >= 0.3 is 0 Å². The molecule has 10 heteroatoms. The first kappa shape index (κ1) is 25.6. The van der Waals surface area contributed by atoms with E-state index < -0.39 is 11.8 Å². The molecule has 36 heavy (non-hydrogen) atoms. The predicted octanol–water partition coefficient (Wildman–Crippen LogP) is 3.18. The van der Waals surface area contributed by atoms with Crippen LogP contribution in [0.3, 0.4) is 0 Å². The summed E-state index contributed by atoms with van der Waals surface area (Å²) < 4.78 is 22.9. The van der Waals surface area contributed by atoms with Gasteiger partial charge in [-0.05, 0) is 51.0 Å². The van der Waals surface area contributed by atoms with Crippen molar-refractivity contribution in [3.63, 3.8) is 0 Å². The molecule has 0 fully saturated rings. The molecular weight excluding hydrogens is 464 g/mol. The maximum atomic E-state index is 13.6. The van der Waals surface area contributed by atoms with E-state index in [2.05, 4.69) is 9.97 Å². The molecule has 0 saturated carbocycles. The highest BCUT2D eigenvalue weighted by atomic mass is 16.7. The van der Waals surface area contributed by atoms with Crippen molar-refractivity contribution in [3.8, 4) is 0 Å². The van der Waals surface area contributed by atoms with Crippen LogP contribution >= 0.6 is 0 Å². The van der Waals surface area contributed by atoms with Crippen LogP contribution in [0.2, 0.25) is 0 Å². The first-order valence-corrected chi connectivity index (χ1v) is 11.4. The summed E-state index contributed by atoms with van der Waals surface area (Å²) in [7, 11) is 5.90. The van der Waals surface area contributed by atoms with Crippen LogP contribution in [-0.2, 0) is 28.5 Å². The molecule has 0 N–H and O–H groups in total. The van der Waals surface area contributed by atoms with Gasteiger partial charge in [0.25, 0.3) is 23.6 Å². The molecule has 2 aliphatic heterocycles. The number of aromatic nitrogens is 2. The first-order valence-electron chi connectivity index (χ1n) is 11.4. The molecule has 0 atom stereocenters. The van der Waals surface area contributed by atoms with Gasteiger partial charge in [-0.3, -0.25) is 9.59 Å². The van der Waals surface area contributed by atoms with E-state index in [1.54, 1.807) is 62.6 Å². The van der Waals surface area contributed by atoms with E-state index in [0.717, 1.165) is 0 Å². The molecular formula is C26H30N4O6. The fraction of sp³-hybridized carbons (Fsp3) is 0.385. The molecule has 0 bridgehead atoms. The van der Waals surface area contributed by atoms with E-state index in [1.807, 2.05) is 0 Å². The molecule has 0 unspecified atom stereocenters. The summed E-state index contributed by atoms with van der Waals surface area (Å²) in [6.07, 6.45) is 3.72. The minimum Gasteiger partial charge on any atom is -0.332 e. The summed E-state index contributed by atoms with van der Waals surface area (Å²) in [5.74, 6) is -2.69. The van der Waals surface area contributed by atoms with Gasteiger partial charge in [-0.1, -0.05) is 12.1 Å². The Kier molecular flexibility index (Phi) is 7.05. The topological polar surface area (TPSA) is 103 Å². The molecule has 0 radical (unpaired) electrons. The number of rotatable bonds is 9. The quantitative estimate of drug-likeness (QED) is 0.490. The van der Waals surface area contributed by atoms with Gasteiger partial charge in [-0.25, -0.2) is 19.8 Å². The zero-order chi connectivity index (χ0) is 26.1. The van der Waals surface area contributed by atoms with Crippen molar-refractivity contribution in [2.45, 2.75) is 38.5 Å². The van der Waals surface area contributed by atoms with Gasteiger partial charge in [0.1, 0.15) is 11.6 Å². The van der Waals surface area contributed by atoms with Crippen molar-refractivity contribution >= 4 is 23.5 Å². The summed E-state index contributed by atoms with van der Waals surface area (Å²) in [4.78, 5) is 38.7. The minimum absolute atomic E-state index is 0.264. The van der Waals surface area contributed by atoms with E-state index in [4.69, 9.17) is 18.9 Å². The Morgan fingerprint density at radius 3 is 1.31 bits per heavy atom. The van der Waals surface area contributed by atoms with Crippen molar-refractivity contribution in [1.82, 2.24) is 9.97 Å². The van der Waals surface area contributed by atoms with Gasteiger partial charge in [-0.15, -0.1) is 0 Å². The molecule has 2 aromatic rings. The molecule has 0 spiro atoms. The average molecular weight is 495 g/mol. The number of carbonyl (C=O) groups is 2. The van der Waals surface area contributed by atoms with Crippen molar-refractivity contribution in [2.75, 3.05) is 38.2 Å². The zero-order valence-corrected chi connectivity index (χ0v) is 21.3. The number of pyridine rings is 2. The minimum atomic E-state index is -1.44. The third-order valence-corrected chi connectivity index (χ3v) is 6.85. The third kappa shape index (κ3) is 3.65. The number of hydrogen-bond acceptors (Lipinski definition) is 8. The second-order valence-corrected chi connectivity index (χ2v) is 8.34. The second kappa shape index (κ2) is 9.90. The van der Waals surface area contributed by atoms with Crippen molar-refractivity contribution < 1.29 is 28.5 Å². The van der Waals surface area contributed by atoms with E-state index in [1.165, 1.54) is 38.2 Å². The number of carbonyl (C=O) groups excluding carboxylic acids is 2. The lowest BCUT2D eigenvalue weighted by Gasteiger charge is -2.35. The Bertz CT molecular complexity index is 1110. The Hall–Kier alpha value is -3.44. The molecule has 10 nitrogen and oxygen atoms in total. The van der Waals surface area contributed by atoms with Gasteiger partial charge in [0.15, 0.2) is 0 Å². The molecule has 0 aromatic carbocycles. The number of hydrogen-bond donors (Lipinski definition) is 0. The lowest BCUT2D eigenvalue weighted by Crippen LogP contribution is -2.51. The maximum Gasteiger partial charge on any atom is 0.284 e. The van der Waals surface area contributed by atoms with E-state index >= 15 is 0 Å². The number of ether oxygens (including phenoxy) is 4. The van der Waals surface area contributed by atoms with E-state index in [-0.39, 0.29) is 24.7 Å². The normalized spacial score (nSPS) is 19.2. The Morgan fingerprint density at radius 2 is 1.03 bits per heavy atom. The summed E-state index contributed by atoms with van der Waals surface area (Å²) in [6.45, 7) is 3.57. The molecule has 2 aromatic heterocycles. The highest BCUT2D eigenvalue weighted by molar-refractivity contribution is 6.11. The monoisotopic (exact) mass is 494 g/mol. The number of nitrogens with zero attached hydrogens (tertiary/aromatic N) is 4. The van der Waals surface area contributed by atoms with Gasteiger partial charge < -0.3 is 18.9 Å². The van der Waals surface area contributed by atoms with Crippen LogP contribution in [0.1, 0.15) is 26.7 Å². The summed E-state index contributed by atoms with van der Waals surface area (Å²) in [6, 6.07) is 10.5. The highest BCUT2D eigenvalue weighted by Gasteiger charge is 2.54. The molecule has 0 saturated heterocycles. The van der Waals surface area contributed by atoms with Gasteiger partial charge in [-0.2, -0.15) is 0 Å². The lowest BCUT2D eigenvalue weighted by atomic mass is 9.99. The Morgan fingerprint density at radius 1 is 0.667 bits per heavy atom. The standard InChI is InChI=1S/C26H30N4O6/c1-17-19(23(31)29(25(17,33-3)34-4)21-11-7-9-15-27-21)13-14-20-18(2)26(35-5,36-6)30(24(20)32)22-12-8-10-16-28-22/h7-12,15-16H,13-14H2,1-6H3. The zero-order valence-electron chi connectivity index (χ0n) is 21.3. The van der Waals surface area contributed by atoms with Crippen molar-refractivity contribution in [3.05, 3.63) is 71.1 Å². The largest absolute Gasteiger partial charge is 0.332 e. The second-order valence-electron chi connectivity index (χ2n) is 8.34. The lowest BCUT2D eigenvalue weighted by molar-refractivity contribution is -0.176. The van der Waals surface area contributed by atoms with Crippen molar-refractivity contribution in [1.29, 1.82) is 0 Å². The molecule has 190 valence electrons. The SMILES string of the molecule is COC1(OC)C(C)=C(CCC2=C(C)C(OC)(OC)N(c3ccccn3)C2=O)C(=O)N1c1ccccn1. The van der Waals surface area contributed by atoms with Crippen LogP contribution in [0.25, 0.3) is 0 Å². The molecule has 0 aliphatic carbocycles. The fourth-order valence-corrected chi connectivity index (χ4v) is 5.04. The predicted molar refractivity (Wildman–Crippen MR) is 132 cm³/mol. The fourth-order valence-electron chi connectivity index (χ4n) is 5.04. The molecule has 4 heterocycles. The number of methoxy groups -OCH3 is 4. The number of anilines is 2. The molecule has 4 rings (SSSR count). The summed E-state index contributed by atoms with van der Waals surface area (Å²) in [5.41, 5.74) is 2.15. The summed E-state index contributed by atoms with van der Waals surface area (Å²) in [5, 5.41) is 0. The molecule has 2 amide bonds. The van der Waals surface area contributed by atoms with Crippen molar-refractivity contribution in [2.24, 2.45) is 0 Å². The van der Waals surface area contributed by atoms with Crippen LogP contribution in [-0.4, -0.2) is 62.0 Å². The van der Waals surface area contributed by atoms with Crippen LogP contribution in [0.15, 0.2) is 71.1 Å². The van der Waals surface area contributed by atoms with E-state index in [0.29, 0.717) is 33.9 Å². The average Bonchev–Trinajstić information content (AvgIpc) is 3.26. The highest BCUT2D eigenvalue weighted by Crippen LogP contribution is 2.44.